The maximum atomic E-state index is 12.7. The Bertz CT molecular complexity index is 958. The number of nitrogens with zero attached hydrogens (tertiary/aromatic N) is 1. The molecule has 2 aromatic carbocycles. The minimum Gasteiger partial charge on any atom is -0.477 e. The highest BCUT2D eigenvalue weighted by molar-refractivity contribution is 6.09. The van der Waals surface area contributed by atoms with Crippen LogP contribution in [0.25, 0.3) is 0 Å². The summed E-state index contributed by atoms with van der Waals surface area (Å²) in [7, 11) is 0. The average Bonchev–Trinajstić information content (AvgIpc) is 2.74. The fourth-order valence-electron chi connectivity index (χ4n) is 2.67. The molecule has 1 heterocycles. The van der Waals surface area contributed by atoms with Gasteiger partial charge in [-0.1, -0.05) is 42.5 Å². The molecule has 0 aliphatic heterocycles. The molecule has 3 rings (SSSR count). The molecule has 0 atom stereocenters. The Kier molecular flexibility index (Phi) is 6.36. The number of anilines is 1. The highest BCUT2D eigenvalue weighted by atomic mass is 16.5. The second-order valence-electron chi connectivity index (χ2n) is 5.96. The second-order valence-corrected chi connectivity index (χ2v) is 5.96. The predicted octanol–water partition coefficient (Wildman–Crippen LogP) is 3.66. The van der Waals surface area contributed by atoms with Crippen LogP contribution in [-0.2, 0) is 6.54 Å². The quantitative estimate of drug-likeness (QED) is 0.660. The van der Waals surface area contributed by atoms with E-state index in [0.717, 1.165) is 5.56 Å². The van der Waals surface area contributed by atoms with E-state index in [1.165, 1.54) is 0 Å². The van der Waals surface area contributed by atoms with Crippen LogP contribution in [0.15, 0.2) is 72.9 Å². The number of para-hydroxylation sites is 1. The molecule has 0 bridgehead atoms. The first-order valence-corrected chi connectivity index (χ1v) is 8.99. The predicted molar refractivity (Wildman–Crippen MR) is 107 cm³/mol. The zero-order chi connectivity index (χ0) is 19.8. The number of hydrogen-bond donors (Lipinski definition) is 2. The molecular weight excluding hydrogens is 354 g/mol. The van der Waals surface area contributed by atoms with Crippen molar-refractivity contribution in [2.75, 3.05) is 11.9 Å². The van der Waals surface area contributed by atoms with Crippen molar-refractivity contribution in [2.45, 2.75) is 13.5 Å². The van der Waals surface area contributed by atoms with E-state index in [-0.39, 0.29) is 17.7 Å². The van der Waals surface area contributed by atoms with Crippen molar-refractivity contribution in [3.63, 3.8) is 0 Å². The number of aromatic nitrogens is 1. The van der Waals surface area contributed by atoms with Gasteiger partial charge in [-0.25, -0.2) is 4.98 Å². The summed E-state index contributed by atoms with van der Waals surface area (Å²) in [6.07, 6.45) is 1.56. The SMILES string of the molecule is CCOc1ncccc1C(=O)Nc1ccccc1C(=O)NCc1ccccc1. The van der Waals surface area contributed by atoms with Gasteiger partial charge in [0.2, 0.25) is 5.88 Å². The fraction of sp³-hybridized carbons (Fsp3) is 0.136. The van der Waals surface area contributed by atoms with Crippen molar-refractivity contribution in [3.8, 4) is 5.88 Å². The molecule has 142 valence electrons. The number of nitrogens with one attached hydrogen (secondary N) is 2. The Morgan fingerprint density at radius 1 is 0.893 bits per heavy atom. The van der Waals surface area contributed by atoms with E-state index in [0.29, 0.717) is 30.0 Å². The first-order valence-electron chi connectivity index (χ1n) is 8.99. The van der Waals surface area contributed by atoms with Gasteiger partial charge in [-0.05, 0) is 36.8 Å². The van der Waals surface area contributed by atoms with Gasteiger partial charge in [0.25, 0.3) is 11.8 Å². The lowest BCUT2D eigenvalue weighted by Crippen LogP contribution is -2.25. The molecular formula is C22H21N3O3. The summed E-state index contributed by atoms with van der Waals surface area (Å²) in [5, 5.41) is 5.66. The van der Waals surface area contributed by atoms with E-state index in [2.05, 4.69) is 15.6 Å². The van der Waals surface area contributed by atoms with Gasteiger partial charge in [0.1, 0.15) is 5.56 Å². The fourth-order valence-corrected chi connectivity index (χ4v) is 2.67. The average molecular weight is 375 g/mol. The van der Waals surface area contributed by atoms with Crippen molar-refractivity contribution in [1.29, 1.82) is 0 Å². The molecule has 6 heteroatoms. The standard InChI is InChI=1S/C22H21N3O3/c1-2-28-22-18(12-8-14-23-22)21(27)25-19-13-7-6-11-17(19)20(26)24-15-16-9-4-3-5-10-16/h3-14H,2,15H2,1H3,(H,24,26)(H,25,27). The summed E-state index contributed by atoms with van der Waals surface area (Å²) in [5.41, 5.74) is 2.11. The topological polar surface area (TPSA) is 80.3 Å². The molecule has 0 saturated carbocycles. The maximum absolute atomic E-state index is 12.7. The first-order chi connectivity index (χ1) is 13.7. The van der Waals surface area contributed by atoms with Crippen molar-refractivity contribution in [1.82, 2.24) is 10.3 Å². The maximum Gasteiger partial charge on any atom is 0.261 e. The third kappa shape index (κ3) is 4.73. The summed E-state index contributed by atoms with van der Waals surface area (Å²) in [4.78, 5) is 29.4. The lowest BCUT2D eigenvalue weighted by atomic mass is 10.1. The lowest BCUT2D eigenvalue weighted by molar-refractivity contribution is 0.0952. The van der Waals surface area contributed by atoms with Crippen LogP contribution in [0.1, 0.15) is 33.2 Å². The largest absolute Gasteiger partial charge is 0.477 e. The molecule has 0 spiro atoms. The number of pyridine rings is 1. The van der Waals surface area contributed by atoms with E-state index >= 15 is 0 Å². The van der Waals surface area contributed by atoms with Gasteiger partial charge >= 0.3 is 0 Å². The Hall–Kier alpha value is -3.67. The smallest absolute Gasteiger partial charge is 0.261 e. The van der Waals surface area contributed by atoms with Crippen LogP contribution < -0.4 is 15.4 Å². The zero-order valence-corrected chi connectivity index (χ0v) is 15.5. The van der Waals surface area contributed by atoms with Crippen LogP contribution in [0.5, 0.6) is 5.88 Å². The lowest BCUT2D eigenvalue weighted by Gasteiger charge is -2.13. The van der Waals surface area contributed by atoms with E-state index in [9.17, 15) is 9.59 Å². The summed E-state index contributed by atoms with van der Waals surface area (Å²) >= 11 is 0. The molecule has 2 amide bonds. The Labute approximate surface area is 163 Å². The zero-order valence-electron chi connectivity index (χ0n) is 15.5. The highest BCUT2D eigenvalue weighted by Crippen LogP contribution is 2.20. The van der Waals surface area contributed by atoms with Crippen molar-refractivity contribution in [2.24, 2.45) is 0 Å². The Morgan fingerprint density at radius 2 is 1.61 bits per heavy atom. The van der Waals surface area contributed by atoms with E-state index in [4.69, 9.17) is 4.74 Å². The molecule has 0 fully saturated rings. The molecule has 0 unspecified atom stereocenters. The van der Waals surface area contributed by atoms with Crippen molar-refractivity contribution in [3.05, 3.63) is 89.6 Å². The van der Waals surface area contributed by atoms with Gasteiger partial charge in [0.05, 0.1) is 17.9 Å². The Balaban J connectivity index is 1.75. The van der Waals surface area contributed by atoms with Crippen LogP contribution in [0.3, 0.4) is 0 Å². The van der Waals surface area contributed by atoms with Crippen LogP contribution in [-0.4, -0.2) is 23.4 Å². The van der Waals surface area contributed by atoms with E-state index in [1.54, 1.807) is 42.6 Å². The van der Waals surface area contributed by atoms with Gasteiger partial charge in [-0.2, -0.15) is 0 Å². The molecule has 0 aliphatic rings. The van der Waals surface area contributed by atoms with E-state index in [1.807, 2.05) is 37.3 Å². The number of hydrogen-bond acceptors (Lipinski definition) is 4. The normalized spacial score (nSPS) is 10.2. The minimum atomic E-state index is -0.389. The Morgan fingerprint density at radius 3 is 2.39 bits per heavy atom. The molecule has 6 nitrogen and oxygen atoms in total. The van der Waals surface area contributed by atoms with Gasteiger partial charge in [0, 0.05) is 12.7 Å². The summed E-state index contributed by atoms with van der Waals surface area (Å²) < 4.78 is 5.41. The van der Waals surface area contributed by atoms with E-state index < -0.39 is 0 Å². The molecule has 0 saturated heterocycles. The van der Waals surface area contributed by atoms with Gasteiger partial charge in [0.15, 0.2) is 0 Å². The van der Waals surface area contributed by atoms with Gasteiger partial charge < -0.3 is 15.4 Å². The van der Waals surface area contributed by atoms with Gasteiger partial charge in [-0.3, -0.25) is 9.59 Å². The first kappa shape index (κ1) is 19.1. The number of amides is 2. The van der Waals surface area contributed by atoms with Crippen LogP contribution in [0.2, 0.25) is 0 Å². The highest BCUT2D eigenvalue weighted by Gasteiger charge is 2.17. The molecule has 2 N–H and O–H groups in total. The molecule has 3 aromatic rings. The summed E-state index contributed by atoms with van der Waals surface area (Å²) in [6, 6.07) is 19.8. The van der Waals surface area contributed by atoms with Crippen molar-refractivity contribution >= 4 is 17.5 Å². The number of benzene rings is 2. The second kappa shape index (κ2) is 9.32. The monoisotopic (exact) mass is 375 g/mol. The van der Waals surface area contributed by atoms with Crippen molar-refractivity contribution < 1.29 is 14.3 Å². The summed E-state index contributed by atoms with van der Waals surface area (Å²) in [6.45, 7) is 2.62. The third-order valence-electron chi connectivity index (χ3n) is 4.01. The third-order valence-corrected chi connectivity index (χ3v) is 4.01. The molecule has 1 aromatic heterocycles. The molecule has 0 radical (unpaired) electrons. The number of carbonyl (C=O) groups excluding carboxylic acids is 2. The number of ether oxygens (including phenoxy) is 1. The minimum absolute atomic E-state index is 0.258. The number of rotatable bonds is 7. The van der Waals surface area contributed by atoms with Crippen LogP contribution in [0.4, 0.5) is 5.69 Å². The molecule has 0 aliphatic carbocycles. The summed E-state index contributed by atoms with van der Waals surface area (Å²) in [5.74, 6) is -0.399. The van der Waals surface area contributed by atoms with Gasteiger partial charge in [-0.15, -0.1) is 0 Å². The van der Waals surface area contributed by atoms with Crippen LogP contribution in [0, 0.1) is 0 Å². The van der Waals surface area contributed by atoms with Crippen LogP contribution >= 0.6 is 0 Å². The number of carbonyl (C=O) groups is 2. The molecule has 28 heavy (non-hydrogen) atoms.